The van der Waals surface area contributed by atoms with Gasteiger partial charge < -0.3 is 5.32 Å². The minimum absolute atomic E-state index is 0.0292. The fourth-order valence-electron chi connectivity index (χ4n) is 1.94. The van der Waals surface area contributed by atoms with Crippen LogP contribution in [0, 0.1) is 22.2 Å². The first-order chi connectivity index (χ1) is 6.47. The van der Waals surface area contributed by atoms with Crippen molar-refractivity contribution < 1.29 is 0 Å². The molecule has 0 aromatic carbocycles. The zero-order valence-electron chi connectivity index (χ0n) is 9.69. The summed E-state index contributed by atoms with van der Waals surface area (Å²) < 4.78 is 0. The zero-order chi connectivity index (χ0) is 10.7. The lowest BCUT2D eigenvalue weighted by molar-refractivity contribution is 0.218. The molecule has 0 radical (unpaired) electrons. The van der Waals surface area contributed by atoms with Crippen LogP contribution in [0.15, 0.2) is 0 Å². The molecule has 1 aliphatic rings. The molecule has 1 fully saturated rings. The van der Waals surface area contributed by atoms with Crippen LogP contribution in [0.5, 0.6) is 0 Å². The number of piperidine rings is 1. The topological polar surface area (TPSA) is 35.8 Å². The average molecular weight is 194 g/mol. The number of hydrogen-bond acceptors (Lipinski definition) is 2. The van der Waals surface area contributed by atoms with Crippen LogP contribution in [0.25, 0.3) is 0 Å². The smallest absolute Gasteiger partial charge is 0.0690 e. The van der Waals surface area contributed by atoms with Crippen molar-refractivity contribution in [1.29, 1.82) is 5.26 Å². The van der Waals surface area contributed by atoms with Crippen LogP contribution < -0.4 is 5.32 Å². The third kappa shape index (κ3) is 3.31. The molecule has 1 heterocycles. The van der Waals surface area contributed by atoms with Crippen molar-refractivity contribution in [2.75, 3.05) is 13.1 Å². The molecule has 0 spiro atoms. The minimum Gasteiger partial charge on any atom is -0.317 e. The van der Waals surface area contributed by atoms with Gasteiger partial charge in [-0.05, 0) is 44.2 Å². The van der Waals surface area contributed by atoms with E-state index >= 15 is 0 Å². The van der Waals surface area contributed by atoms with Gasteiger partial charge in [-0.15, -0.1) is 0 Å². The second-order valence-electron chi connectivity index (χ2n) is 5.70. The lowest BCUT2D eigenvalue weighted by Crippen LogP contribution is -2.36. The molecule has 0 aliphatic carbocycles. The van der Waals surface area contributed by atoms with E-state index in [1.165, 1.54) is 0 Å². The molecule has 0 bridgehead atoms. The first-order valence-corrected chi connectivity index (χ1v) is 5.59. The van der Waals surface area contributed by atoms with E-state index in [2.05, 4.69) is 32.2 Å². The fourth-order valence-corrected chi connectivity index (χ4v) is 1.94. The summed E-state index contributed by atoms with van der Waals surface area (Å²) in [4.78, 5) is 0. The summed E-state index contributed by atoms with van der Waals surface area (Å²) in [5.41, 5.74) is 0.327. The number of nitrogens with one attached hydrogen (secondary N) is 1. The average Bonchev–Trinajstić information content (AvgIpc) is 2.15. The van der Waals surface area contributed by atoms with Crippen molar-refractivity contribution in [3.05, 3.63) is 0 Å². The van der Waals surface area contributed by atoms with Crippen LogP contribution in [0.4, 0.5) is 0 Å². The molecule has 14 heavy (non-hydrogen) atoms. The molecule has 0 aromatic heterocycles. The van der Waals surface area contributed by atoms with Crippen molar-refractivity contribution >= 4 is 0 Å². The third-order valence-corrected chi connectivity index (χ3v) is 3.15. The van der Waals surface area contributed by atoms with Crippen molar-refractivity contribution in [3.8, 4) is 6.07 Å². The zero-order valence-corrected chi connectivity index (χ0v) is 9.69. The van der Waals surface area contributed by atoms with Crippen molar-refractivity contribution in [2.24, 2.45) is 10.8 Å². The van der Waals surface area contributed by atoms with E-state index in [1.807, 2.05) is 0 Å². The number of nitriles is 1. The quantitative estimate of drug-likeness (QED) is 0.733. The van der Waals surface area contributed by atoms with E-state index in [1.54, 1.807) is 0 Å². The van der Waals surface area contributed by atoms with Crippen molar-refractivity contribution in [2.45, 2.75) is 46.5 Å². The molecular weight excluding hydrogens is 172 g/mol. The Morgan fingerprint density at radius 1 is 1.29 bits per heavy atom. The van der Waals surface area contributed by atoms with Gasteiger partial charge in [0.1, 0.15) is 0 Å². The molecule has 0 unspecified atom stereocenters. The van der Waals surface area contributed by atoms with Gasteiger partial charge >= 0.3 is 0 Å². The fraction of sp³-hybridized carbons (Fsp3) is 0.917. The van der Waals surface area contributed by atoms with Crippen LogP contribution in [0.1, 0.15) is 46.5 Å². The second-order valence-corrected chi connectivity index (χ2v) is 5.70. The maximum Gasteiger partial charge on any atom is 0.0690 e. The summed E-state index contributed by atoms with van der Waals surface area (Å²) in [5.74, 6) is 0. The highest BCUT2D eigenvalue weighted by Gasteiger charge is 2.32. The summed E-state index contributed by atoms with van der Waals surface area (Å²) in [6.07, 6.45) is 4.27. The van der Waals surface area contributed by atoms with Crippen LogP contribution in [-0.4, -0.2) is 13.1 Å². The lowest BCUT2D eigenvalue weighted by Gasteiger charge is -2.33. The Labute approximate surface area is 87.7 Å². The van der Waals surface area contributed by atoms with Crippen molar-refractivity contribution in [1.82, 2.24) is 5.32 Å². The Balaban J connectivity index is 2.50. The highest BCUT2D eigenvalue weighted by molar-refractivity contribution is 5.01. The van der Waals surface area contributed by atoms with Crippen LogP contribution in [0.2, 0.25) is 0 Å². The van der Waals surface area contributed by atoms with Gasteiger partial charge in [-0.25, -0.2) is 0 Å². The van der Waals surface area contributed by atoms with E-state index in [9.17, 15) is 5.26 Å². The molecule has 1 aliphatic heterocycles. The number of nitrogens with zero attached hydrogens (tertiary/aromatic N) is 1. The van der Waals surface area contributed by atoms with Crippen LogP contribution in [-0.2, 0) is 0 Å². The van der Waals surface area contributed by atoms with Gasteiger partial charge in [-0.1, -0.05) is 20.8 Å². The summed E-state index contributed by atoms with van der Waals surface area (Å²) in [6, 6.07) is 2.55. The van der Waals surface area contributed by atoms with Gasteiger partial charge in [0.2, 0.25) is 0 Å². The van der Waals surface area contributed by atoms with Gasteiger partial charge in [0.25, 0.3) is 0 Å². The second kappa shape index (κ2) is 4.31. The maximum absolute atomic E-state index is 9.26. The molecule has 0 aromatic rings. The normalized spacial score (nSPS) is 21.6. The molecule has 1 N–H and O–H groups in total. The summed E-state index contributed by atoms with van der Waals surface area (Å²) in [7, 11) is 0. The number of hydrogen-bond donors (Lipinski definition) is 1. The third-order valence-electron chi connectivity index (χ3n) is 3.15. The van der Waals surface area contributed by atoms with E-state index in [0.29, 0.717) is 5.41 Å². The monoisotopic (exact) mass is 194 g/mol. The van der Waals surface area contributed by atoms with Gasteiger partial charge in [-0.3, -0.25) is 0 Å². The molecule has 1 saturated heterocycles. The molecule has 2 nitrogen and oxygen atoms in total. The standard InChI is InChI=1S/C12H22N2/c1-11(2,3)4-5-12(10-13)6-8-14-9-7-12/h14H,4-9H2,1-3H3. The minimum atomic E-state index is -0.0292. The van der Waals surface area contributed by atoms with Crippen LogP contribution in [0.3, 0.4) is 0 Å². The van der Waals surface area contributed by atoms with E-state index in [0.717, 1.165) is 38.8 Å². The Kier molecular flexibility index (Phi) is 3.55. The Morgan fingerprint density at radius 3 is 2.29 bits per heavy atom. The van der Waals surface area contributed by atoms with Crippen LogP contribution >= 0.6 is 0 Å². The first-order valence-electron chi connectivity index (χ1n) is 5.59. The molecule has 2 heteroatoms. The van der Waals surface area contributed by atoms with E-state index < -0.39 is 0 Å². The SMILES string of the molecule is CC(C)(C)CCC1(C#N)CCNCC1. The summed E-state index contributed by atoms with van der Waals surface area (Å²) in [6.45, 7) is 8.77. The highest BCUT2D eigenvalue weighted by Crippen LogP contribution is 2.36. The highest BCUT2D eigenvalue weighted by atomic mass is 14.9. The van der Waals surface area contributed by atoms with Gasteiger partial charge in [0, 0.05) is 0 Å². The largest absolute Gasteiger partial charge is 0.317 e. The Bertz CT molecular complexity index is 213. The van der Waals surface area contributed by atoms with Gasteiger partial charge in [0.05, 0.1) is 11.5 Å². The van der Waals surface area contributed by atoms with Crippen molar-refractivity contribution in [3.63, 3.8) is 0 Å². The number of rotatable bonds is 2. The summed E-state index contributed by atoms with van der Waals surface area (Å²) >= 11 is 0. The lowest BCUT2D eigenvalue weighted by atomic mass is 9.73. The Morgan fingerprint density at radius 2 is 1.86 bits per heavy atom. The predicted molar refractivity (Wildman–Crippen MR) is 58.8 cm³/mol. The Hall–Kier alpha value is -0.550. The molecule has 80 valence electrons. The first kappa shape index (κ1) is 11.5. The van der Waals surface area contributed by atoms with Gasteiger partial charge in [0.15, 0.2) is 0 Å². The molecular formula is C12H22N2. The molecule has 0 amide bonds. The maximum atomic E-state index is 9.26. The molecule has 1 rings (SSSR count). The predicted octanol–water partition coefficient (Wildman–Crippen LogP) is 2.71. The summed E-state index contributed by atoms with van der Waals surface area (Å²) in [5, 5.41) is 12.6. The molecule has 0 saturated carbocycles. The van der Waals surface area contributed by atoms with Gasteiger partial charge in [-0.2, -0.15) is 5.26 Å². The molecule has 0 atom stereocenters. The van der Waals surface area contributed by atoms with E-state index in [-0.39, 0.29) is 5.41 Å². The van der Waals surface area contributed by atoms with E-state index in [4.69, 9.17) is 0 Å².